The largest absolute Gasteiger partial charge is 0.276 e. The molecule has 1 aliphatic carbocycles. The van der Waals surface area contributed by atoms with Crippen molar-refractivity contribution in [2.75, 3.05) is 13.1 Å². The van der Waals surface area contributed by atoms with Gasteiger partial charge in [0, 0.05) is 17.6 Å². The third kappa shape index (κ3) is 2.67. The van der Waals surface area contributed by atoms with E-state index in [1.165, 1.54) is 9.21 Å². The molecule has 6 nitrogen and oxygen atoms in total. The molecule has 0 bridgehead atoms. The number of sulfonamides is 1. The molecule has 8 heteroatoms. The van der Waals surface area contributed by atoms with Gasteiger partial charge in [0.05, 0.1) is 22.8 Å². The molecule has 2 saturated heterocycles. The van der Waals surface area contributed by atoms with E-state index in [0.29, 0.717) is 12.8 Å². The number of rotatable bonds is 3. The maximum atomic E-state index is 12.6. The van der Waals surface area contributed by atoms with Gasteiger partial charge in [-0.2, -0.15) is 4.31 Å². The highest BCUT2D eigenvalue weighted by Crippen LogP contribution is 2.38. The first-order valence-electron chi connectivity index (χ1n) is 8.17. The van der Waals surface area contributed by atoms with E-state index >= 15 is 0 Å². The zero-order valence-electron chi connectivity index (χ0n) is 13.3. The SMILES string of the molecule is O=C1[C@H]2CC=CC[C@@H]2C(=O)N1C1CN(S(=O)(=O)c2ccc(Br)cc2)C1. The summed E-state index contributed by atoms with van der Waals surface area (Å²) in [5.41, 5.74) is 0. The van der Waals surface area contributed by atoms with E-state index in [1.807, 2.05) is 12.2 Å². The second-order valence-electron chi connectivity index (χ2n) is 6.63. The van der Waals surface area contributed by atoms with Crippen LogP contribution < -0.4 is 0 Å². The minimum Gasteiger partial charge on any atom is -0.276 e. The highest BCUT2D eigenvalue weighted by molar-refractivity contribution is 9.10. The second kappa shape index (κ2) is 6.03. The molecule has 0 spiro atoms. The number of likely N-dealkylation sites (tertiary alicyclic amines) is 1. The van der Waals surface area contributed by atoms with Crippen LogP contribution in [0.1, 0.15) is 12.8 Å². The van der Waals surface area contributed by atoms with Crippen molar-refractivity contribution in [1.29, 1.82) is 0 Å². The van der Waals surface area contributed by atoms with Crippen LogP contribution >= 0.6 is 15.9 Å². The van der Waals surface area contributed by atoms with Gasteiger partial charge in [-0.3, -0.25) is 14.5 Å². The van der Waals surface area contributed by atoms with Crippen LogP contribution in [0.15, 0.2) is 45.8 Å². The van der Waals surface area contributed by atoms with Gasteiger partial charge in [0.2, 0.25) is 21.8 Å². The standard InChI is InChI=1S/C17H17BrN2O4S/c18-11-5-7-13(8-6-11)25(23,24)19-9-12(10-19)20-16(21)14-3-1-2-4-15(14)17(20)22/h1-2,5-8,12,14-15H,3-4,9-10H2/t14-,15-/m0/s1. The minimum atomic E-state index is -3.59. The van der Waals surface area contributed by atoms with Crippen LogP contribution in [0.5, 0.6) is 0 Å². The first kappa shape index (κ1) is 16.9. The number of nitrogens with zero attached hydrogens (tertiary/aromatic N) is 2. The fourth-order valence-corrected chi connectivity index (χ4v) is 5.50. The molecule has 0 aromatic heterocycles. The van der Waals surface area contributed by atoms with Gasteiger partial charge in [0.1, 0.15) is 0 Å². The Balaban J connectivity index is 1.48. The van der Waals surface area contributed by atoms with Gasteiger partial charge in [-0.15, -0.1) is 0 Å². The first-order chi connectivity index (χ1) is 11.9. The molecule has 1 aromatic carbocycles. The zero-order chi connectivity index (χ0) is 17.8. The quantitative estimate of drug-likeness (QED) is 0.547. The zero-order valence-corrected chi connectivity index (χ0v) is 15.7. The Labute approximate surface area is 154 Å². The lowest BCUT2D eigenvalue weighted by Crippen LogP contribution is -2.62. The van der Waals surface area contributed by atoms with Crippen molar-refractivity contribution in [3.8, 4) is 0 Å². The summed E-state index contributed by atoms with van der Waals surface area (Å²) in [5.74, 6) is -0.834. The van der Waals surface area contributed by atoms with E-state index in [2.05, 4.69) is 15.9 Å². The van der Waals surface area contributed by atoms with E-state index in [0.717, 1.165) is 4.47 Å². The number of hydrogen-bond acceptors (Lipinski definition) is 4. The molecule has 132 valence electrons. The predicted octanol–water partition coefficient (Wildman–Crippen LogP) is 1.77. The number of carbonyl (C=O) groups is 2. The number of allylic oxidation sites excluding steroid dienone is 2. The Morgan fingerprint density at radius 2 is 1.44 bits per heavy atom. The molecule has 2 heterocycles. The molecule has 2 aliphatic heterocycles. The van der Waals surface area contributed by atoms with Crippen molar-refractivity contribution in [3.05, 3.63) is 40.9 Å². The van der Waals surface area contributed by atoms with Crippen LogP contribution in [-0.4, -0.2) is 48.6 Å². The molecule has 3 aliphatic rings. The molecule has 0 radical (unpaired) electrons. The average Bonchev–Trinajstić information content (AvgIpc) is 2.79. The van der Waals surface area contributed by atoms with Gasteiger partial charge in [0.15, 0.2) is 0 Å². The minimum absolute atomic E-state index is 0.148. The Morgan fingerprint density at radius 3 is 1.96 bits per heavy atom. The normalized spacial score (nSPS) is 27.5. The Bertz CT molecular complexity index is 833. The summed E-state index contributed by atoms with van der Waals surface area (Å²) in [6.07, 6.45) is 5.08. The van der Waals surface area contributed by atoms with Gasteiger partial charge in [0.25, 0.3) is 0 Å². The number of imide groups is 1. The van der Waals surface area contributed by atoms with E-state index in [1.54, 1.807) is 24.3 Å². The predicted molar refractivity (Wildman–Crippen MR) is 93.9 cm³/mol. The van der Waals surface area contributed by atoms with E-state index in [-0.39, 0.29) is 47.7 Å². The fourth-order valence-electron chi connectivity index (χ4n) is 3.72. The van der Waals surface area contributed by atoms with E-state index in [4.69, 9.17) is 0 Å². The Kier molecular flexibility index (Phi) is 4.09. The Morgan fingerprint density at radius 1 is 0.920 bits per heavy atom. The molecule has 2 atom stereocenters. The van der Waals surface area contributed by atoms with Gasteiger partial charge >= 0.3 is 0 Å². The number of halogens is 1. The molecule has 2 fully saturated rings. The molecule has 25 heavy (non-hydrogen) atoms. The van der Waals surface area contributed by atoms with Crippen molar-refractivity contribution in [3.63, 3.8) is 0 Å². The van der Waals surface area contributed by atoms with Crippen molar-refractivity contribution in [1.82, 2.24) is 9.21 Å². The third-order valence-electron chi connectivity index (χ3n) is 5.19. The summed E-state index contributed by atoms with van der Waals surface area (Å²) in [4.78, 5) is 26.6. The summed E-state index contributed by atoms with van der Waals surface area (Å²) >= 11 is 3.28. The molecule has 4 rings (SSSR count). The summed E-state index contributed by atoms with van der Waals surface area (Å²) in [6.45, 7) is 0.339. The van der Waals surface area contributed by atoms with Crippen molar-refractivity contribution < 1.29 is 18.0 Å². The van der Waals surface area contributed by atoms with Gasteiger partial charge in [-0.05, 0) is 37.1 Å². The van der Waals surface area contributed by atoms with Crippen LogP contribution in [0.4, 0.5) is 0 Å². The highest BCUT2D eigenvalue weighted by Gasteiger charge is 2.53. The number of hydrogen-bond donors (Lipinski definition) is 0. The lowest BCUT2D eigenvalue weighted by atomic mass is 9.85. The van der Waals surface area contributed by atoms with Crippen molar-refractivity contribution in [2.45, 2.75) is 23.8 Å². The van der Waals surface area contributed by atoms with Crippen LogP contribution in [0.2, 0.25) is 0 Å². The van der Waals surface area contributed by atoms with Crippen LogP contribution in [-0.2, 0) is 19.6 Å². The second-order valence-corrected chi connectivity index (χ2v) is 9.49. The van der Waals surface area contributed by atoms with Crippen molar-refractivity contribution in [2.24, 2.45) is 11.8 Å². The number of carbonyl (C=O) groups excluding carboxylic acids is 2. The first-order valence-corrected chi connectivity index (χ1v) is 10.4. The van der Waals surface area contributed by atoms with Gasteiger partial charge < -0.3 is 0 Å². The topological polar surface area (TPSA) is 74.8 Å². The number of fused-ring (bicyclic) bond motifs is 1. The monoisotopic (exact) mass is 424 g/mol. The van der Waals surface area contributed by atoms with Crippen LogP contribution in [0, 0.1) is 11.8 Å². The van der Waals surface area contributed by atoms with Gasteiger partial charge in [-0.25, -0.2) is 8.42 Å². The summed E-state index contributed by atoms with van der Waals surface area (Å²) in [5, 5.41) is 0. The van der Waals surface area contributed by atoms with Crippen LogP contribution in [0.3, 0.4) is 0 Å². The molecule has 0 saturated carbocycles. The molecule has 2 amide bonds. The maximum Gasteiger partial charge on any atom is 0.243 e. The number of benzene rings is 1. The van der Waals surface area contributed by atoms with Crippen LogP contribution in [0.25, 0.3) is 0 Å². The smallest absolute Gasteiger partial charge is 0.243 e. The maximum absolute atomic E-state index is 12.6. The van der Waals surface area contributed by atoms with Crippen molar-refractivity contribution >= 4 is 37.8 Å². The molecule has 0 unspecified atom stereocenters. The highest BCUT2D eigenvalue weighted by atomic mass is 79.9. The van der Waals surface area contributed by atoms with Gasteiger partial charge in [-0.1, -0.05) is 28.1 Å². The fraction of sp³-hybridized carbons (Fsp3) is 0.412. The van der Waals surface area contributed by atoms with E-state index < -0.39 is 10.0 Å². The molecular formula is C17H17BrN2O4S. The summed E-state index contributed by atoms with van der Waals surface area (Å²) < 4.78 is 27.3. The third-order valence-corrected chi connectivity index (χ3v) is 7.56. The lowest BCUT2D eigenvalue weighted by Gasteiger charge is -2.42. The molecule has 0 N–H and O–H groups in total. The summed E-state index contributed by atoms with van der Waals surface area (Å²) in [6, 6.07) is 6.08. The Hall–Kier alpha value is -1.51. The lowest BCUT2D eigenvalue weighted by molar-refractivity contribution is -0.145. The van der Waals surface area contributed by atoms with E-state index in [9.17, 15) is 18.0 Å². The number of amides is 2. The molecule has 1 aromatic rings. The summed E-state index contributed by atoms with van der Waals surface area (Å²) in [7, 11) is -3.59. The molecular weight excluding hydrogens is 408 g/mol. The average molecular weight is 425 g/mol.